The summed E-state index contributed by atoms with van der Waals surface area (Å²) in [7, 11) is 1.40. The third-order valence-corrected chi connectivity index (χ3v) is 4.72. The molecule has 0 bridgehead atoms. The summed E-state index contributed by atoms with van der Waals surface area (Å²) in [5.74, 6) is 0.249. The molecule has 1 aromatic heterocycles. The molecule has 0 spiro atoms. The van der Waals surface area contributed by atoms with Gasteiger partial charge in [-0.15, -0.1) is 10.2 Å². The van der Waals surface area contributed by atoms with Crippen LogP contribution < -0.4 is 5.32 Å². The molecule has 2 N–H and O–H groups in total. The van der Waals surface area contributed by atoms with Gasteiger partial charge in [-0.1, -0.05) is 12.1 Å². The summed E-state index contributed by atoms with van der Waals surface area (Å²) in [6, 6.07) is 11.5. The van der Waals surface area contributed by atoms with Crippen molar-refractivity contribution in [3.8, 4) is 11.5 Å². The Morgan fingerprint density at radius 1 is 1.07 bits per heavy atom. The first kappa shape index (κ1) is 21.2. The number of carboxylic acid groups (broad SMARTS) is 1. The second-order valence-corrected chi connectivity index (χ2v) is 7.06. The fraction of sp³-hybridized carbons (Fsp3) is 0.250. The highest BCUT2D eigenvalue weighted by Crippen LogP contribution is 2.34. The van der Waals surface area contributed by atoms with Crippen molar-refractivity contribution in [1.29, 1.82) is 0 Å². The minimum atomic E-state index is -4.41. The van der Waals surface area contributed by atoms with Crippen LogP contribution in [0.15, 0.2) is 52.9 Å². The van der Waals surface area contributed by atoms with Gasteiger partial charge in [-0.3, -0.25) is 4.90 Å². The molecule has 30 heavy (non-hydrogen) atoms. The Kier molecular flexibility index (Phi) is 5.43. The van der Waals surface area contributed by atoms with Gasteiger partial charge in [-0.25, -0.2) is 4.79 Å². The fourth-order valence-electron chi connectivity index (χ4n) is 2.64. The van der Waals surface area contributed by atoms with Crippen molar-refractivity contribution in [2.45, 2.75) is 25.6 Å². The van der Waals surface area contributed by atoms with E-state index in [1.165, 1.54) is 19.2 Å². The maximum atomic E-state index is 12.7. The van der Waals surface area contributed by atoms with Gasteiger partial charge in [0.05, 0.1) is 16.8 Å². The van der Waals surface area contributed by atoms with Crippen LogP contribution in [0.1, 0.15) is 25.3 Å². The van der Waals surface area contributed by atoms with Gasteiger partial charge in [-0.05, 0) is 50.2 Å². The lowest BCUT2D eigenvalue weighted by Gasteiger charge is -2.29. The number of halogens is 3. The Morgan fingerprint density at radius 2 is 1.70 bits per heavy atom. The number of anilines is 2. The van der Waals surface area contributed by atoms with Gasteiger partial charge >= 0.3 is 12.3 Å². The molecule has 0 unspecified atom stereocenters. The van der Waals surface area contributed by atoms with E-state index >= 15 is 0 Å². The maximum absolute atomic E-state index is 12.7. The van der Waals surface area contributed by atoms with E-state index in [1.807, 2.05) is 0 Å². The summed E-state index contributed by atoms with van der Waals surface area (Å²) >= 11 is 0. The number of hydrogen-bond acceptors (Lipinski definition) is 5. The van der Waals surface area contributed by atoms with E-state index in [1.54, 1.807) is 38.1 Å². The van der Waals surface area contributed by atoms with Gasteiger partial charge in [0, 0.05) is 12.7 Å². The first-order chi connectivity index (χ1) is 14.0. The van der Waals surface area contributed by atoms with E-state index in [4.69, 9.17) is 4.42 Å². The van der Waals surface area contributed by atoms with Gasteiger partial charge in [0.1, 0.15) is 5.54 Å². The predicted molar refractivity (Wildman–Crippen MR) is 103 cm³/mol. The Bertz CT molecular complexity index is 1050. The average Bonchev–Trinajstić information content (AvgIpc) is 3.18. The molecular weight excluding hydrogens is 401 g/mol. The number of alkyl halides is 3. The first-order valence-corrected chi connectivity index (χ1v) is 8.84. The number of hydrogen-bond donors (Lipinski definition) is 2. The zero-order valence-corrected chi connectivity index (χ0v) is 16.4. The summed E-state index contributed by atoms with van der Waals surface area (Å²) in [4.78, 5) is 12.3. The maximum Gasteiger partial charge on any atom is 0.416 e. The summed E-state index contributed by atoms with van der Waals surface area (Å²) in [6.45, 7) is 3.26. The smallest absolute Gasteiger partial charge is 0.416 e. The standard InChI is InChI=1S/C20H19F3N4O3/c1-19(2,27(3)18(28)29)17-26-25-16(30-17)14-6-4-5-7-15(14)24-13-10-8-12(9-11-13)20(21,22)23/h4-11,24H,1-3H3,(H,28,29). The van der Waals surface area contributed by atoms with Crippen LogP contribution in [0.5, 0.6) is 0 Å². The highest BCUT2D eigenvalue weighted by atomic mass is 19.4. The summed E-state index contributed by atoms with van der Waals surface area (Å²) in [5, 5.41) is 20.3. The molecule has 0 fully saturated rings. The van der Waals surface area contributed by atoms with Crippen LogP contribution in [-0.2, 0) is 11.7 Å². The molecule has 3 aromatic rings. The monoisotopic (exact) mass is 420 g/mol. The van der Waals surface area contributed by atoms with Crippen molar-refractivity contribution in [1.82, 2.24) is 15.1 Å². The summed E-state index contributed by atoms with van der Waals surface area (Å²) < 4.78 is 44.0. The molecule has 0 aliphatic carbocycles. The zero-order chi connectivity index (χ0) is 22.1. The molecule has 0 saturated carbocycles. The van der Waals surface area contributed by atoms with E-state index in [-0.39, 0.29) is 11.8 Å². The number of para-hydroxylation sites is 1. The molecular formula is C20H19F3N4O3. The lowest BCUT2D eigenvalue weighted by Crippen LogP contribution is -2.42. The number of amides is 1. The molecule has 158 valence electrons. The number of rotatable bonds is 5. The minimum Gasteiger partial charge on any atom is -0.465 e. The van der Waals surface area contributed by atoms with Crippen molar-refractivity contribution >= 4 is 17.5 Å². The number of aromatic nitrogens is 2. The van der Waals surface area contributed by atoms with Crippen molar-refractivity contribution in [2.75, 3.05) is 12.4 Å². The van der Waals surface area contributed by atoms with E-state index in [2.05, 4.69) is 15.5 Å². The van der Waals surface area contributed by atoms with Crippen molar-refractivity contribution < 1.29 is 27.5 Å². The van der Waals surface area contributed by atoms with Crippen molar-refractivity contribution in [3.05, 3.63) is 60.0 Å². The van der Waals surface area contributed by atoms with E-state index in [0.29, 0.717) is 16.9 Å². The van der Waals surface area contributed by atoms with Crippen LogP contribution >= 0.6 is 0 Å². The Hall–Kier alpha value is -3.56. The average molecular weight is 420 g/mol. The van der Waals surface area contributed by atoms with Crippen LogP contribution in [0.25, 0.3) is 11.5 Å². The Labute approximate surface area is 170 Å². The second-order valence-electron chi connectivity index (χ2n) is 7.06. The third-order valence-electron chi connectivity index (χ3n) is 4.72. The molecule has 0 atom stereocenters. The Morgan fingerprint density at radius 3 is 2.30 bits per heavy atom. The van der Waals surface area contributed by atoms with Crippen molar-refractivity contribution in [2.24, 2.45) is 0 Å². The van der Waals surface area contributed by atoms with Crippen LogP contribution in [0, 0.1) is 0 Å². The number of nitrogens with one attached hydrogen (secondary N) is 1. The molecule has 0 saturated heterocycles. The lowest BCUT2D eigenvalue weighted by atomic mass is 10.0. The lowest BCUT2D eigenvalue weighted by molar-refractivity contribution is -0.137. The molecule has 2 aromatic carbocycles. The normalized spacial score (nSPS) is 11.9. The van der Waals surface area contributed by atoms with Gasteiger partial charge < -0.3 is 14.8 Å². The van der Waals surface area contributed by atoms with E-state index < -0.39 is 23.4 Å². The topological polar surface area (TPSA) is 91.5 Å². The van der Waals surface area contributed by atoms with Crippen LogP contribution in [-0.4, -0.2) is 33.3 Å². The molecule has 1 amide bonds. The van der Waals surface area contributed by atoms with Crippen LogP contribution in [0.3, 0.4) is 0 Å². The predicted octanol–water partition coefficient (Wildman–Crippen LogP) is 5.34. The quantitative estimate of drug-likeness (QED) is 0.579. The number of benzene rings is 2. The summed E-state index contributed by atoms with van der Waals surface area (Å²) in [6.07, 6.45) is -5.56. The molecule has 0 aliphatic heterocycles. The zero-order valence-electron chi connectivity index (χ0n) is 16.4. The molecule has 7 nitrogen and oxygen atoms in total. The first-order valence-electron chi connectivity index (χ1n) is 8.84. The fourth-order valence-corrected chi connectivity index (χ4v) is 2.64. The van der Waals surface area contributed by atoms with Crippen LogP contribution in [0.2, 0.25) is 0 Å². The largest absolute Gasteiger partial charge is 0.465 e. The van der Waals surface area contributed by atoms with E-state index in [9.17, 15) is 23.1 Å². The summed E-state index contributed by atoms with van der Waals surface area (Å²) in [5.41, 5.74) is -0.303. The van der Waals surface area contributed by atoms with Gasteiger partial charge in [0.15, 0.2) is 0 Å². The van der Waals surface area contributed by atoms with Crippen LogP contribution in [0.4, 0.5) is 29.3 Å². The molecule has 10 heteroatoms. The van der Waals surface area contributed by atoms with Gasteiger partial charge in [-0.2, -0.15) is 13.2 Å². The van der Waals surface area contributed by atoms with Gasteiger partial charge in [0.25, 0.3) is 0 Å². The minimum absolute atomic E-state index is 0.103. The van der Waals surface area contributed by atoms with Crippen molar-refractivity contribution in [3.63, 3.8) is 0 Å². The molecule has 1 heterocycles. The molecule has 0 aliphatic rings. The third kappa shape index (κ3) is 4.22. The van der Waals surface area contributed by atoms with E-state index in [0.717, 1.165) is 17.0 Å². The molecule has 0 radical (unpaired) electrons. The van der Waals surface area contributed by atoms with Gasteiger partial charge in [0.2, 0.25) is 11.8 Å². The highest BCUT2D eigenvalue weighted by molar-refractivity contribution is 5.76. The number of carbonyl (C=O) groups is 1. The Balaban J connectivity index is 1.90. The highest BCUT2D eigenvalue weighted by Gasteiger charge is 2.35. The SMILES string of the molecule is CN(C(=O)O)C(C)(C)c1nnc(-c2ccccc2Nc2ccc(C(F)(F)F)cc2)o1. The number of nitrogens with zero attached hydrogens (tertiary/aromatic N) is 3. The second kappa shape index (κ2) is 7.69. The molecule has 3 rings (SSSR count).